The highest BCUT2D eigenvalue weighted by atomic mass is 35.5. The van der Waals surface area contributed by atoms with Gasteiger partial charge in [-0.3, -0.25) is 9.59 Å². The van der Waals surface area contributed by atoms with E-state index in [1.807, 2.05) is 0 Å². The Hall–Kier alpha value is -1.50. The molecule has 1 fully saturated rings. The van der Waals surface area contributed by atoms with Crippen molar-refractivity contribution in [1.82, 2.24) is 10.8 Å². The van der Waals surface area contributed by atoms with Crippen LogP contribution in [-0.2, 0) is 9.59 Å². The summed E-state index contributed by atoms with van der Waals surface area (Å²) in [5.41, 5.74) is 2.10. The number of hydrogen-bond donors (Lipinski definition) is 3. The maximum absolute atomic E-state index is 11.8. The van der Waals surface area contributed by atoms with E-state index in [1.165, 1.54) is 18.2 Å². The summed E-state index contributed by atoms with van der Waals surface area (Å²) in [5, 5.41) is 12.8. The second kappa shape index (κ2) is 6.30. The maximum Gasteiger partial charge on any atom is 0.267 e. The van der Waals surface area contributed by atoms with Gasteiger partial charge in [-0.05, 0) is 24.6 Å². The van der Waals surface area contributed by atoms with Crippen molar-refractivity contribution >= 4 is 35.0 Å². The van der Waals surface area contributed by atoms with Crippen LogP contribution in [0.5, 0.6) is 5.75 Å². The van der Waals surface area contributed by atoms with Crippen LogP contribution >= 0.6 is 23.2 Å². The second-order valence-electron chi connectivity index (χ2n) is 4.27. The van der Waals surface area contributed by atoms with Crippen molar-refractivity contribution in [3.8, 4) is 5.75 Å². The monoisotopic (exact) mass is 318 g/mol. The molecule has 20 heavy (non-hydrogen) atoms. The molecule has 0 saturated carbocycles. The van der Waals surface area contributed by atoms with E-state index in [9.17, 15) is 14.7 Å². The van der Waals surface area contributed by atoms with Crippen molar-refractivity contribution in [2.45, 2.75) is 12.5 Å². The largest absolute Gasteiger partial charge is 0.392 e. The number of rotatable bonds is 3. The summed E-state index contributed by atoms with van der Waals surface area (Å²) >= 11 is 11.6. The number of aliphatic hydroxyl groups is 1. The van der Waals surface area contributed by atoms with Gasteiger partial charge in [0.15, 0.2) is 5.75 Å². The first-order valence-corrected chi connectivity index (χ1v) is 6.62. The molecule has 0 aromatic heterocycles. The van der Waals surface area contributed by atoms with Gasteiger partial charge in [0.2, 0.25) is 5.91 Å². The zero-order chi connectivity index (χ0) is 14.7. The second-order valence-corrected chi connectivity index (χ2v) is 5.11. The number of hydrogen-bond acceptors (Lipinski definition) is 4. The average molecular weight is 319 g/mol. The summed E-state index contributed by atoms with van der Waals surface area (Å²) in [4.78, 5) is 28.4. The highest BCUT2D eigenvalue weighted by Gasteiger charge is 2.37. The molecule has 8 heteroatoms. The Bertz CT molecular complexity index is 538. The van der Waals surface area contributed by atoms with E-state index in [1.54, 1.807) is 0 Å². The van der Waals surface area contributed by atoms with E-state index in [4.69, 9.17) is 28.0 Å². The van der Waals surface area contributed by atoms with Crippen molar-refractivity contribution in [2.75, 3.05) is 6.54 Å². The van der Waals surface area contributed by atoms with Crippen molar-refractivity contribution in [1.29, 1.82) is 0 Å². The third kappa shape index (κ3) is 3.33. The predicted molar refractivity (Wildman–Crippen MR) is 72.4 cm³/mol. The Morgan fingerprint density at radius 3 is 2.85 bits per heavy atom. The van der Waals surface area contributed by atoms with Gasteiger partial charge in [0, 0.05) is 11.6 Å². The number of hydroxylamine groups is 1. The van der Waals surface area contributed by atoms with Crippen LogP contribution in [0.15, 0.2) is 18.2 Å². The molecule has 2 amide bonds. The molecule has 1 aromatic carbocycles. The summed E-state index contributed by atoms with van der Waals surface area (Å²) < 4.78 is 0. The molecule has 0 spiro atoms. The van der Waals surface area contributed by atoms with Crippen molar-refractivity contribution in [3.05, 3.63) is 28.2 Å². The van der Waals surface area contributed by atoms with Gasteiger partial charge in [-0.2, -0.15) is 5.48 Å². The van der Waals surface area contributed by atoms with Crippen LogP contribution in [0.25, 0.3) is 0 Å². The van der Waals surface area contributed by atoms with E-state index >= 15 is 0 Å². The topological polar surface area (TPSA) is 87.7 Å². The molecule has 1 aliphatic rings. The van der Waals surface area contributed by atoms with E-state index in [0.29, 0.717) is 18.0 Å². The smallest absolute Gasteiger partial charge is 0.267 e. The van der Waals surface area contributed by atoms with Gasteiger partial charge in [0.1, 0.15) is 5.92 Å². The Morgan fingerprint density at radius 1 is 1.45 bits per heavy atom. The van der Waals surface area contributed by atoms with Gasteiger partial charge in [-0.15, -0.1) is 0 Å². The highest BCUT2D eigenvalue weighted by molar-refractivity contribution is 6.35. The van der Waals surface area contributed by atoms with Crippen molar-refractivity contribution in [3.63, 3.8) is 0 Å². The predicted octanol–water partition coefficient (Wildman–Crippen LogP) is 0.900. The van der Waals surface area contributed by atoms with E-state index < -0.39 is 23.8 Å². The summed E-state index contributed by atoms with van der Waals surface area (Å²) in [6, 6.07) is 4.46. The minimum atomic E-state index is -1.20. The Labute approximate surface area is 125 Å². The molecule has 1 aromatic rings. The zero-order valence-electron chi connectivity index (χ0n) is 10.2. The SMILES string of the molecule is O=C1NCCC(O)C1C(=O)NOc1ccc(Cl)cc1Cl. The minimum absolute atomic E-state index is 0.190. The number of piperidine rings is 1. The Balaban J connectivity index is 1.99. The third-order valence-electron chi connectivity index (χ3n) is 2.84. The average Bonchev–Trinajstić information content (AvgIpc) is 2.37. The summed E-state index contributed by atoms with van der Waals surface area (Å²) in [6.07, 6.45) is -0.723. The fourth-order valence-electron chi connectivity index (χ4n) is 1.82. The first kappa shape index (κ1) is 14.9. The lowest BCUT2D eigenvalue weighted by Crippen LogP contribution is -2.52. The lowest BCUT2D eigenvalue weighted by molar-refractivity contribution is -0.146. The molecule has 2 unspecified atom stereocenters. The Morgan fingerprint density at radius 2 is 2.20 bits per heavy atom. The van der Waals surface area contributed by atoms with E-state index in [0.717, 1.165) is 0 Å². The number of carbonyl (C=O) groups is 2. The molecule has 1 heterocycles. The van der Waals surface area contributed by atoms with Crippen LogP contribution in [0, 0.1) is 5.92 Å². The van der Waals surface area contributed by atoms with E-state index in [2.05, 4.69) is 10.8 Å². The van der Waals surface area contributed by atoms with Crippen LogP contribution in [0.2, 0.25) is 10.0 Å². The standard InChI is InChI=1S/C12H12Cl2N2O4/c13-6-1-2-9(7(14)5-6)20-16-12(19)10-8(17)3-4-15-11(10)18/h1-2,5,8,10,17H,3-4H2,(H,15,18)(H,16,19). The van der Waals surface area contributed by atoms with Gasteiger partial charge in [-0.1, -0.05) is 23.2 Å². The molecular weight excluding hydrogens is 307 g/mol. The van der Waals surface area contributed by atoms with Crippen LogP contribution in [0.3, 0.4) is 0 Å². The van der Waals surface area contributed by atoms with E-state index in [-0.39, 0.29) is 10.8 Å². The molecule has 0 aliphatic carbocycles. The van der Waals surface area contributed by atoms with Crippen LogP contribution in [0.4, 0.5) is 0 Å². The fraction of sp³-hybridized carbons (Fsp3) is 0.333. The van der Waals surface area contributed by atoms with Crippen LogP contribution in [0.1, 0.15) is 6.42 Å². The number of halogens is 2. The summed E-state index contributed by atoms with van der Waals surface area (Å²) in [6.45, 7) is 0.341. The molecule has 1 saturated heterocycles. The quantitative estimate of drug-likeness (QED) is 0.571. The van der Waals surface area contributed by atoms with Gasteiger partial charge >= 0.3 is 0 Å². The number of carbonyl (C=O) groups excluding carboxylic acids is 2. The number of aliphatic hydroxyl groups excluding tert-OH is 1. The first-order valence-electron chi connectivity index (χ1n) is 5.86. The van der Waals surface area contributed by atoms with Gasteiger partial charge in [0.05, 0.1) is 11.1 Å². The number of nitrogens with one attached hydrogen (secondary N) is 2. The minimum Gasteiger partial charge on any atom is -0.392 e. The molecule has 3 N–H and O–H groups in total. The first-order chi connectivity index (χ1) is 9.49. The number of amides is 2. The molecule has 2 rings (SSSR count). The fourth-order valence-corrected chi connectivity index (χ4v) is 2.26. The molecule has 108 valence electrons. The normalized spacial score (nSPS) is 22.1. The summed E-state index contributed by atoms with van der Waals surface area (Å²) in [5.74, 6) is -2.28. The summed E-state index contributed by atoms with van der Waals surface area (Å²) in [7, 11) is 0. The molecule has 0 radical (unpaired) electrons. The zero-order valence-corrected chi connectivity index (χ0v) is 11.7. The molecule has 0 bridgehead atoms. The van der Waals surface area contributed by atoms with Crippen molar-refractivity contribution in [2.24, 2.45) is 5.92 Å². The Kier molecular flexibility index (Phi) is 4.69. The molecular formula is C12H12Cl2N2O4. The highest BCUT2D eigenvalue weighted by Crippen LogP contribution is 2.27. The molecule has 6 nitrogen and oxygen atoms in total. The lowest BCUT2D eigenvalue weighted by Gasteiger charge is -2.26. The van der Waals surface area contributed by atoms with Gasteiger partial charge < -0.3 is 15.3 Å². The lowest BCUT2D eigenvalue weighted by atomic mass is 9.95. The molecule has 2 atom stereocenters. The molecule has 1 aliphatic heterocycles. The van der Waals surface area contributed by atoms with Crippen molar-refractivity contribution < 1.29 is 19.5 Å². The van der Waals surface area contributed by atoms with Crippen LogP contribution in [-0.4, -0.2) is 29.6 Å². The third-order valence-corrected chi connectivity index (χ3v) is 3.38. The van der Waals surface area contributed by atoms with Crippen LogP contribution < -0.4 is 15.6 Å². The van der Waals surface area contributed by atoms with Gasteiger partial charge in [-0.25, -0.2) is 0 Å². The number of benzene rings is 1. The maximum atomic E-state index is 11.8. The van der Waals surface area contributed by atoms with Gasteiger partial charge in [0.25, 0.3) is 5.91 Å².